The second-order valence-electron chi connectivity index (χ2n) is 5.39. The van der Waals surface area contributed by atoms with Crippen LogP contribution >= 0.6 is 0 Å². The Morgan fingerprint density at radius 3 is 2.50 bits per heavy atom. The smallest absolute Gasteiger partial charge is 0.173 e. The van der Waals surface area contributed by atoms with Crippen molar-refractivity contribution in [3.8, 4) is 0 Å². The van der Waals surface area contributed by atoms with Gasteiger partial charge in [0.25, 0.3) is 0 Å². The Morgan fingerprint density at radius 2 is 1.85 bits per heavy atom. The third-order valence-electron chi connectivity index (χ3n) is 3.87. The van der Waals surface area contributed by atoms with E-state index < -0.39 is 23.5 Å². The van der Waals surface area contributed by atoms with Gasteiger partial charge in [0.15, 0.2) is 5.72 Å². The van der Waals surface area contributed by atoms with E-state index in [-0.39, 0.29) is 26.1 Å². The third-order valence-corrected chi connectivity index (χ3v) is 3.87. The van der Waals surface area contributed by atoms with Crippen LogP contribution in [0, 0.1) is 0 Å². The minimum absolute atomic E-state index is 0.0486. The monoisotopic (exact) mass is 283 g/mol. The van der Waals surface area contributed by atoms with Crippen molar-refractivity contribution in [3.05, 3.63) is 35.9 Å². The highest BCUT2D eigenvalue weighted by Gasteiger charge is 2.57. The second-order valence-corrected chi connectivity index (χ2v) is 5.39. The van der Waals surface area contributed by atoms with E-state index in [1.54, 1.807) is 0 Å². The quantitative estimate of drug-likeness (QED) is 0.457. The van der Waals surface area contributed by atoms with Gasteiger partial charge in [-0.3, -0.25) is 5.73 Å². The summed E-state index contributed by atoms with van der Waals surface area (Å²) in [5.74, 6) is 0. The van der Waals surface area contributed by atoms with Gasteiger partial charge in [0.2, 0.25) is 0 Å². The predicted octanol–water partition coefficient (Wildman–Crippen LogP) is -0.903. The lowest BCUT2D eigenvalue weighted by Crippen LogP contribution is -2.74. The summed E-state index contributed by atoms with van der Waals surface area (Å²) in [6.45, 7) is 0.0382. The molecular formula is C14H21NO5. The van der Waals surface area contributed by atoms with Gasteiger partial charge in [-0.1, -0.05) is 30.3 Å². The maximum atomic E-state index is 10.4. The topological polar surface area (TPSA) is 116 Å². The van der Waals surface area contributed by atoms with Gasteiger partial charge in [-0.2, -0.15) is 0 Å². The minimum Gasteiger partial charge on any atom is -0.390 e. The molecular weight excluding hydrogens is 262 g/mol. The SMILES string of the molecule is NC1(O)C(O)C(O)CCC1(O)COCc1ccccc1. The molecule has 0 saturated heterocycles. The van der Waals surface area contributed by atoms with Crippen molar-refractivity contribution in [2.24, 2.45) is 5.73 Å². The first-order valence-electron chi connectivity index (χ1n) is 6.58. The molecule has 20 heavy (non-hydrogen) atoms. The van der Waals surface area contributed by atoms with Crippen molar-refractivity contribution in [3.63, 3.8) is 0 Å². The van der Waals surface area contributed by atoms with Crippen molar-refractivity contribution in [2.75, 3.05) is 6.61 Å². The van der Waals surface area contributed by atoms with Crippen LogP contribution in [0.25, 0.3) is 0 Å². The molecule has 6 heteroatoms. The van der Waals surface area contributed by atoms with Gasteiger partial charge in [-0.15, -0.1) is 0 Å². The van der Waals surface area contributed by atoms with Gasteiger partial charge in [0.1, 0.15) is 11.7 Å². The average Bonchev–Trinajstić information content (AvgIpc) is 2.43. The molecule has 112 valence electrons. The van der Waals surface area contributed by atoms with E-state index >= 15 is 0 Å². The first kappa shape index (κ1) is 15.4. The van der Waals surface area contributed by atoms with Crippen molar-refractivity contribution in [1.82, 2.24) is 0 Å². The zero-order chi connectivity index (χ0) is 14.8. The number of nitrogens with two attached hydrogens (primary N) is 1. The molecule has 0 aliphatic heterocycles. The molecule has 4 unspecified atom stereocenters. The molecule has 1 aliphatic rings. The van der Waals surface area contributed by atoms with Crippen molar-refractivity contribution >= 4 is 0 Å². The maximum Gasteiger partial charge on any atom is 0.173 e. The fraction of sp³-hybridized carbons (Fsp3) is 0.571. The Bertz CT molecular complexity index is 438. The first-order chi connectivity index (χ1) is 9.37. The molecule has 1 fully saturated rings. The van der Waals surface area contributed by atoms with Crippen LogP contribution in [-0.2, 0) is 11.3 Å². The van der Waals surface area contributed by atoms with Crippen molar-refractivity contribution in [1.29, 1.82) is 0 Å². The Hall–Kier alpha value is -1.02. The van der Waals surface area contributed by atoms with E-state index in [0.717, 1.165) is 5.56 Å². The molecule has 0 aromatic heterocycles. The van der Waals surface area contributed by atoms with Crippen LogP contribution < -0.4 is 5.73 Å². The zero-order valence-electron chi connectivity index (χ0n) is 11.1. The van der Waals surface area contributed by atoms with E-state index in [4.69, 9.17) is 10.5 Å². The van der Waals surface area contributed by atoms with E-state index in [1.807, 2.05) is 30.3 Å². The molecule has 1 aliphatic carbocycles. The van der Waals surface area contributed by atoms with Crippen molar-refractivity contribution < 1.29 is 25.2 Å². The highest BCUT2D eigenvalue weighted by molar-refractivity contribution is 5.13. The Morgan fingerprint density at radius 1 is 1.20 bits per heavy atom. The summed E-state index contributed by atoms with van der Waals surface area (Å²) >= 11 is 0. The van der Waals surface area contributed by atoms with E-state index in [9.17, 15) is 20.4 Å². The molecule has 2 rings (SSSR count). The lowest BCUT2D eigenvalue weighted by Gasteiger charge is -2.48. The van der Waals surface area contributed by atoms with Crippen molar-refractivity contribution in [2.45, 2.75) is 43.0 Å². The molecule has 0 radical (unpaired) electrons. The number of ether oxygens (including phenoxy) is 1. The molecule has 0 bridgehead atoms. The maximum absolute atomic E-state index is 10.4. The van der Waals surface area contributed by atoms with E-state index in [0.29, 0.717) is 0 Å². The highest BCUT2D eigenvalue weighted by atomic mass is 16.5. The number of hydrogen-bond donors (Lipinski definition) is 5. The highest BCUT2D eigenvalue weighted by Crippen LogP contribution is 2.34. The van der Waals surface area contributed by atoms with Crippen LogP contribution in [0.15, 0.2) is 30.3 Å². The van der Waals surface area contributed by atoms with Crippen LogP contribution in [0.3, 0.4) is 0 Å². The molecule has 6 nitrogen and oxygen atoms in total. The lowest BCUT2D eigenvalue weighted by molar-refractivity contribution is -0.262. The number of aliphatic hydroxyl groups excluding tert-OH is 2. The summed E-state index contributed by atoms with van der Waals surface area (Å²) in [7, 11) is 0. The number of rotatable bonds is 4. The summed E-state index contributed by atoms with van der Waals surface area (Å²) < 4.78 is 5.40. The molecule has 0 amide bonds. The summed E-state index contributed by atoms with van der Waals surface area (Å²) in [4.78, 5) is 0. The molecule has 0 spiro atoms. The molecule has 1 saturated carbocycles. The fourth-order valence-electron chi connectivity index (χ4n) is 2.41. The number of benzene rings is 1. The molecule has 0 heterocycles. The van der Waals surface area contributed by atoms with Crippen LogP contribution in [0.1, 0.15) is 18.4 Å². The molecule has 4 atom stereocenters. The number of aliphatic hydroxyl groups is 4. The Balaban J connectivity index is 1.97. The van der Waals surface area contributed by atoms with E-state index in [2.05, 4.69) is 0 Å². The minimum atomic E-state index is -2.30. The Labute approximate surface area is 117 Å². The Kier molecular flexibility index (Phi) is 4.43. The largest absolute Gasteiger partial charge is 0.390 e. The number of hydrogen-bond acceptors (Lipinski definition) is 6. The summed E-state index contributed by atoms with van der Waals surface area (Å²) in [6, 6.07) is 9.37. The van der Waals surface area contributed by atoms with Crippen LogP contribution in [0.2, 0.25) is 0 Å². The molecule has 6 N–H and O–H groups in total. The molecule has 1 aromatic carbocycles. The van der Waals surface area contributed by atoms with Gasteiger partial charge in [-0.25, -0.2) is 0 Å². The van der Waals surface area contributed by atoms with Crippen LogP contribution in [0.5, 0.6) is 0 Å². The average molecular weight is 283 g/mol. The molecule has 1 aromatic rings. The predicted molar refractivity (Wildman–Crippen MR) is 71.4 cm³/mol. The summed E-state index contributed by atoms with van der Waals surface area (Å²) in [5.41, 5.74) is 2.41. The van der Waals surface area contributed by atoms with Gasteiger partial charge in [-0.05, 0) is 18.4 Å². The lowest BCUT2D eigenvalue weighted by atomic mass is 9.75. The standard InChI is InChI=1S/C14H21NO5/c15-14(19)12(17)11(16)6-7-13(14,18)9-20-8-10-4-2-1-3-5-10/h1-5,11-12,16-19H,6-9,15H2. The van der Waals surface area contributed by atoms with Crippen LogP contribution in [-0.4, -0.2) is 50.6 Å². The second kappa shape index (κ2) is 5.77. The fourth-order valence-corrected chi connectivity index (χ4v) is 2.41. The van der Waals surface area contributed by atoms with Crippen LogP contribution in [0.4, 0.5) is 0 Å². The van der Waals surface area contributed by atoms with Gasteiger partial charge in [0.05, 0.1) is 19.3 Å². The summed E-state index contributed by atoms with van der Waals surface area (Å²) in [6.07, 6.45) is -2.57. The third kappa shape index (κ3) is 2.85. The zero-order valence-corrected chi connectivity index (χ0v) is 11.1. The first-order valence-corrected chi connectivity index (χ1v) is 6.58. The van der Waals surface area contributed by atoms with E-state index in [1.165, 1.54) is 0 Å². The normalized spacial score (nSPS) is 37.9. The summed E-state index contributed by atoms with van der Waals surface area (Å²) in [5, 5.41) is 39.7. The van der Waals surface area contributed by atoms with Gasteiger partial charge < -0.3 is 25.2 Å². The van der Waals surface area contributed by atoms with Gasteiger partial charge >= 0.3 is 0 Å². The van der Waals surface area contributed by atoms with Gasteiger partial charge in [0, 0.05) is 0 Å².